The zero-order chi connectivity index (χ0) is 17.2. The molecule has 0 saturated carbocycles. The normalized spacial score (nSPS) is 19.3. The molecular weight excluding hydrogens is 416 g/mol. The van der Waals surface area contributed by atoms with Crippen LogP contribution < -0.4 is 5.32 Å². The van der Waals surface area contributed by atoms with Gasteiger partial charge in [0.2, 0.25) is 5.91 Å². The van der Waals surface area contributed by atoms with Gasteiger partial charge in [0, 0.05) is 13.1 Å². The first-order chi connectivity index (χ1) is 11.5. The Labute approximate surface area is 153 Å². The Bertz CT molecular complexity index is 801. The summed E-state index contributed by atoms with van der Waals surface area (Å²) < 4.78 is 33.0. The number of rotatable bonds is 5. The van der Waals surface area contributed by atoms with Crippen molar-refractivity contribution in [2.75, 3.05) is 13.1 Å². The molecule has 1 amide bonds. The average Bonchev–Trinajstić information content (AvgIpc) is 3.24. The second kappa shape index (κ2) is 7.38. The van der Waals surface area contributed by atoms with Crippen molar-refractivity contribution in [1.29, 1.82) is 0 Å². The third kappa shape index (κ3) is 3.90. The summed E-state index contributed by atoms with van der Waals surface area (Å²) in [4.78, 5) is 12.3. The van der Waals surface area contributed by atoms with Gasteiger partial charge >= 0.3 is 0 Å². The number of carbonyl (C=O) groups excluding carboxylic acids is 1. The molecule has 1 atom stereocenters. The monoisotopic (exact) mass is 432 g/mol. The quantitative estimate of drug-likeness (QED) is 0.787. The highest BCUT2D eigenvalue weighted by molar-refractivity contribution is 9.11. The standard InChI is InChI=1S/C15H17BrN2O4S2/c16-13-5-6-14(23-13)24(20,21)18-7-1-3-11(10-18)15(19)17-9-12-4-2-8-22-12/h2,4-6,8,11H,1,3,7,9-10H2,(H,17,19). The smallest absolute Gasteiger partial charge is 0.252 e. The molecule has 0 aliphatic carbocycles. The molecule has 0 bridgehead atoms. The van der Waals surface area contributed by atoms with E-state index in [1.54, 1.807) is 30.5 Å². The van der Waals surface area contributed by atoms with Crippen LogP contribution in [0.3, 0.4) is 0 Å². The van der Waals surface area contributed by atoms with Gasteiger partial charge in [0.25, 0.3) is 10.0 Å². The number of amides is 1. The number of hydrogen-bond acceptors (Lipinski definition) is 5. The van der Waals surface area contributed by atoms with Gasteiger partial charge in [0.1, 0.15) is 9.97 Å². The minimum atomic E-state index is -3.54. The molecule has 130 valence electrons. The molecule has 1 fully saturated rings. The summed E-state index contributed by atoms with van der Waals surface area (Å²) in [6.07, 6.45) is 2.91. The third-order valence-electron chi connectivity index (χ3n) is 3.91. The Hall–Kier alpha value is -1.16. The Morgan fingerprint density at radius 2 is 2.25 bits per heavy atom. The molecule has 0 aromatic carbocycles. The van der Waals surface area contributed by atoms with Crippen molar-refractivity contribution in [3.63, 3.8) is 0 Å². The molecule has 6 nitrogen and oxygen atoms in total. The average molecular weight is 433 g/mol. The third-order valence-corrected chi connectivity index (χ3v) is 7.87. The summed E-state index contributed by atoms with van der Waals surface area (Å²) in [5.41, 5.74) is 0. The van der Waals surface area contributed by atoms with E-state index in [9.17, 15) is 13.2 Å². The molecule has 1 N–H and O–H groups in total. The summed E-state index contributed by atoms with van der Waals surface area (Å²) in [5, 5.41) is 2.81. The fourth-order valence-corrected chi connectivity index (χ4v) is 6.36. The summed E-state index contributed by atoms with van der Waals surface area (Å²) in [6.45, 7) is 0.967. The predicted molar refractivity (Wildman–Crippen MR) is 94.1 cm³/mol. The Balaban J connectivity index is 1.64. The van der Waals surface area contributed by atoms with Crippen molar-refractivity contribution >= 4 is 43.2 Å². The lowest BCUT2D eigenvalue weighted by Crippen LogP contribution is -2.45. The van der Waals surface area contributed by atoms with E-state index in [-0.39, 0.29) is 18.4 Å². The molecule has 2 aromatic rings. The van der Waals surface area contributed by atoms with Crippen LogP contribution >= 0.6 is 27.3 Å². The first kappa shape index (κ1) is 17.7. The largest absolute Gasteiger partial charge is 0.467 e. The van der Waals surface area contributed by atoms with Crippen LogP contribution in [0.2, 0.25) is 0 Å². The van der Waals surface area contributed by atoms with Gasteiger partial charge in [0.15, 0.2) is 0 Å². The number of nitrogens with one attached hydrogen (secondary N) is 1. The van der Waals surface area contributed by atoms with Gasteiger partial charge in [-0.1, -0.05) is 0 Å². The van der Waals surface area contributed by atoms with Crippen LogP contribution in [0.15, 0.2) is 42.9 Å². The summed E-state index contributed by atoms with van der Waals surface area (Å²) in [6, 6.07) is 6.85. The van der Waals surface area contributed by atoms with Crippen LogP contribution in [0.1, 0.15) is 18.6 Å². The van der Waals surface area contributed by atoms with E-state index in [1.807, 2.05) is 0 Å². The second-order valence-corrected chi connectivity index (χ2v) is 10.2. The van der Waals surface area contributed by atoms with E-state index in [1.165, 1.54) is 15.6 Å². The van der Waals surface area contributed by atoms with Gasteiger partial charge in [-0.2, -0.15) is 4.31 Å². The SMILES string of the molecule is O=C(NCc1ccco1)C1CCCN(S(=O)(=O)c2ccc(Br)s2)C1. The van der Waals surface area contributed by atoms with Crippen molar-refractivity contribution in [3.05, 3.63) is 40.1 Å². The molecule has 0 spiro atoms. The van der Waals surface area contributed by atoms with Crippen LogP contribution in [0.5, 0.6) is 0 Å². The number of carbonyl (C=O) groups is 1. The fraction of sp³-hybridized carbons (Fsp3) is 0.400. The van der Waals surface area contributed by atoms with E-state index in [0.29, 0.717) is 35.9 Å². The highest BCUT2D eigenvalue weighted by Crippen LogP contribution is 2.30. The molecule has 1 aliphatic heterocycles. The van der Waals surface area contributed by atoms with Gasteiger partial charge in [-0.05, 0) is 53.0 Å². The van der Waals surface area contributed by atoms with E-state index in [0.717, 1.165) is 3.79 Å². The summed E-state index contributed by atoms with van der Waals surface area (Å²) in [5.74, 6) is 0.192. The summed E-state index contributed by atoms with van der Waals surface area (Å²) in [7, 11) is -3.54. The van der Waals surface area contributed by atoms with Crippen LogP contribution in [0.4, 0.5) is 0 Å². The topological polar surface area (TPSA) is 79.6 Å². The van der Waals surface area contributed by atoms with Gasteiger partial charge in [-0.15, -0.1) is 11.3 Å². The second-order valence-electron chi connectivity index (χ2n) is 5.56. The number of nitrogens with zero attached hydrogens (tertiary/aromatic N) is 1. The van der Waals surface area contributed by atoms with E-state index < -0.39 is 10.0 Å². The van der Waals surface area contributed by atoms with Crippen molar-refractivity contribution in [2.45, 2.75) is 23.6 Å². The van der Waals surface area contributed by atoms with Gasteiger partial charge in [0.05, 0.1) is 22.5 Å². The Morgan fingerprint density at radius 1 is 1.42 bits per heavy atom. The van der Waals surface area contributed by atoms with E-state index in [4.69, 9.17) is 4.42 Å². The molecule has 2 aromatic heterocycles. The summed E-state index contributed by atoms with van der Waals surface area (Å²) >= 11 is 4.47. The number of hydrogen-bond donors (Lipinski definition) is 1. The lowest BCUT2D eigenvalue weighted by Gasteiger charge is -2.30. The number of halogens is 1. The maximum absolute atomic E-state index is 12.7. The zero-order valence-corrected chi connectivity index (χ0v) is 16.0. The minimum Gasteiger partial charge on any atom is -0.467 e. The van der Waals surface area contributed by atoms with Crippen LogP contribution in [0, 0.1) is 5.92 Å². The molecule has 1 aliphatic rings. The molecule has 1 unspecified atom stereocenters. The molecular formula is C15H17BrN2O4S2. The maximum Gasteiger partial charge on any atom is 0.252 e. The number of piperidine rings is 1. The zero-order valence-electron chi connectivity index (χ0n) is 12.8. The van der Waals surface area contributed by atoms with Gasteiger partial charge in [-0.25, -0.2) is 8.42 Å². The number of furan rings is 1. The molecule has 1 saturated heterocycles. The lowest BCUT2D eigenvalue weighted by molar-refractivity contribution is -0.126. The van der Waals surface area contributed by atoms with E-state index in [2.05, 4.69) is 21.2 Å². The van der Waals surface area contributed by atoms with Gasteiger partial charge in [-0.3, -0.25) is 4.79 Å². The first-order valence-electron chi connectivity index (χ1n) is 7.52. The predicted octanol–water partition coefficient (Wildman–Crippen LogP) is 2.82. The molecule has 0 radical (unpaired) electrons. The van der Waals surface area contributed by atoms with Crippen LogP contribution in [0.25, 0.3) is 0 Å². The van der Waals surface area contributed by atoms with Crippen molar-refractivity contribution in [1.82, 2.24) is 9.62 Å². The minimum absolute atomic E-state index is 0.140. The van der Waals surface area contributed by atoms with Crippen molar-refractivity contribution in [2.24, 2.45) is 5.92 Å². The van der Waals surface area contributed by atoms with Crippen LogP contribution in [-0.4, -0.2) is 31.7 Å². The highest BCUT2D eigenvalue weighted by Gasteiger charge is 2.34. The van der Waals surface area contributed by atoms with Crippen molar-refractivity contribution < 1.29 is 17.6 Å². The van der Waals surface area contributed by atoms with Crippen LogP contribution in [-0.2, 0) is 21.4 Å². The highest BCUT2D eigenvalue weighted by atomic mass is 79.9. The molecule has 3 heterocycles. The molecule has 3 rings (SSSR count). The maximum atomic E-state index is 12.7. The first-order valence-corrected chi connectivity index (χ1v) is 10.6. The van der Waals surface area contributed by atoms with E-state index >= 15 is 0 Å². The fourth-order valence-electron chi connectivity index (χ4n) is 2.67. The number of sulfonamides is 1. The number of thiophene rings is 1. The Morgan fingerprint density at radius 3 is 2.92 bits per heavy atom. The molecule has 9 heteroatoms. The van der Waals surface area contributed by atoms with Gasteiger partial charge < -0.3 is 9.73 Å². The Kier molecular flexibility index (Phi) is 5.43. The molecule has 24 heavy (non-hydrogen) atoms. The van der Waals surface area contributed by atoms with Crippen molar-refractivity contribution in [3.8, 4) is 0 Å². The lowest BCUT2D eigenvalue weighted by atomic mass is 9.99.